The summed E-state index contributed by atoms with van der Waals surface area (Å²) in [6.07, 6.45) is -3.37. The van der Waals surface area contributed by atoms with Crippen LogP contribution in [-0.2, 0) is 16.2 Å². The number of alkyl halides is 3. The summed E-state index contributed by atoms with van der Waals surface area (Å²) in [7, 11) is -4.22. The molecule has 0 aliphatic carbocycles. The second-order valence-corrected chi connectivity index (χ2v) is 7.89. The van der Waals surface area contributed by atoms with Crippen LogP contribution in [0, 0.1) is 11.8 Å². The monoisotopic (exact) mass is 363 g/mol. The maximum atomic E-state index is 13.3. The first-order chi connectivity index (χ1) is 10.9. The third-order valence-electron chi connectivity index (χ3n) is 3.90. The normalized spacial score (nSPS) is 18.3. The summed E-state index contributed by atoms with van der Waals surface area (Å²) in [5.74, 6) is 5.77. The predicted molar refractivity (Wildman–Crippen MR) is 86.0 cm³/mol. The molecule has 24 heavy (non-hydrogen) atoms. The van der Waals surface area contributed by atoms with E-state index >= 15 is 0 Å². The molecule has 0 amide bonds. The molecular formula is C15H20F3N3O2S. The first kappa shape index (κ1) is 18.7. The standard InChI is InChI=1S/C15H20F3N3O2S/c1-9(2)7-8-10(3)14-20-24(22,23)12-6-4-5-11(15(16,17)18)13(12)21(14)19/h4-6,9-10H,7-8,19H2,1-3H3. The molecule has 0 radical (unpaired) electrons. The summed E-state index contributed by atoms with van der Waals surface area (Å²) in [4.78, 5) is -0.528. The summed E-state index contributed by atoms with van der Waals surface area (Å²) in [5.41, 5.74) is -1.65. The second-order valence-electron chi connectivity index (χ2n) is 6.32. The fourth-order valence-electron chi connectivity index (χ4n) is 2.58. The van der Waals surface area contributed by atoms with E-state index in [1.54, 1.807) is 6.92 Å². The maximum absolute atomic E-state index is 13.3. The lowest BCUT2D eigenvalue weighted by Crippen LogP contribution is -2.45. The van der Waals surface area contributed by atoms with Crippen LogP contribution in [0.4, 0.5) is 18.9 Å². The molecule has 9 heteroatoms. The molecule has 0 saturated heterocycles. The zero-order valence-corrected chi connectivity index (χ0v) is 14.4. The van der Waals surface area contributed by atoms with E-state index in [1.165, 1.54) is 0 Å². The second kappa shape index (κ2) is 6.36. The number of hydrogen-bond donors (Lipinski definition) is 1. The van der Waals surface area contributed by atoms with Crippen LogP contribution in [0.2, 0.25) is 0 Å². The van der Waals surface area contributed by atoms with Gasteiger partial charge in [-0.3, -0.25) is 5.01 Å². The van der Waals surface area contributed by atoms with Crippen LogP contribution in [0.3, 0.4) is 0 Å². The Labute approximate surface area is 139 Å². The van der Waals surface area contributed by atoms with Crippen molar-refractivity contribution in [3.05, 3.63) is 23.8 Å². The van der Waals surface area contributed by atoms with Crippen molar-refractivity contribution in [3.63, 3.8) is 0 Å². The van der Waals surface area contributed by atoms with Gasteiger partial charge in [0.1, 0.15) is 10.7 Å². The summed E-state index contributed by atoms with van der Waals surface area (Å²) in [5, 5.41) is 0.768. The van der Waals surface area contributed by atoms with Crippen molar-refractivity contribution in [2.45, 2.75) is 44.7 Å². The molecule has 0 spiro atoms. The van der Waals surface area contributed by atoms with Crippen LogP contribution in [0.5, 0.6) is 0 Å². The van der Waals surface area contributed by atoms with Gasteiger partial charge < -0.3 is 0 Å². The topological polar surface area (TPSA) is 75.8 Å². The first-order valence-corrected chi connectivity index (χ1v) is 8.99. The van der Waals surface area contributed by atoms with E-state index < -0.39 is 32.3 Å². The molecule has 1 aliphatic rings. The molecule has 1 aromatic rings. The highest BCUT2D eigenvalue weighted by Gasteiger charge is 2.41. The van der Waals surface area contributed by atoms with Gasteiger partial charge in [0.25, 0.3) is 10.0 Å². The van der Waals surface area contributed by atoms with Gasteiger partial charge in [-0.1, -0.05) is 33.3 Å². The lowest BCUT2D eigenvalue weighted by Gasteiger charge is -2.32. The molecule has 134 valence electrons. The minimum atomic E-state index is -4.72. The fraction of sp³-hybridized carbons (Fsp3) is 0.533. The Morgan fingerprint density at radius 2 is 1.83 bits per heavy atom. The fourth-order valence-corrected chi connectivity index (χ4v) is 3.89. The third-order valence-corrected chi connectivity index (χ3v) is 5.21. The van der Waals surface area contributed by atoms with E-state index in [4.69, 9.17) is 5.84 Å². The number of fused-ring (bicyclic) bond motifs is 1. The van der Waals surface area contributed by atoms with Crippen LogP contribution in [-0.4, -0.2) is 14.3 Å². The van der Waals surface area contributed by atoms with E-state index in [0.29, 0.717) is 12.3 Å². The minimum Gasteiger partial charge on any atom is -0.263 e. The number of amidine groups is 1. The van der Waals surface area contributed by atoms with Gasteiger partial charge in [0.05, 0.1) is 11.3 Å². The van der Waals surface area contributed by atoms with Crippen molar-refractivity contribution in [2.24, 2.45) is 22.1 Å². The SMILES string of the molecule is CC(C)CCC(C)C1=NS(=O)(=O)c2cccc(C(F)(F)F)c2N1N. The Bertz CT molecular complexity index is 758. The van der Waals surface area contributed by atoms with Gasteiger partial charge in [-0.05, 0) is 24.5 Å². The number of anilines is 1. The molecule has 0 saturated carbocycles. The van der Waals surface area contributed by atoms with E-state index in [0.717, 1.165) is 29.6 Å². The quantitative estimate of drug-likeness (QED) is 0.830. The Kier molecular flexibility index (Phi) is 4.96. The Hall–Kier alpha value is -1.61. The van der Waals surface area contributed by atoms with Crippen molar-refractivity contribution >= 4 is 21.5 Å². The van der Waals surface area contributed by atoms with E-state index in [2.05, 4.69) is 4.40 Å². The highest BCUT2D eigenvalue weighted by atomic mass is 32.2. The number of nitrogens with two attached hydrogens (primary N) is 1. The number of benzene rings is 1. The van der Waals surface area contributed by atoms with Crippen molar-refractivity contribution in [2.75, 3.05) is 5.01 Å². The van der Waals surface area contributed by atoms with Crippen LogP contribution in [0.25, 0.3) is 0 Å². The number of nitrogens with zero attached hydrogens (tertiary/aromatic N) is 2. The van der Waals surface area contributed by atoms with Gasteiger partial charge in [0.2, 0.25) is 0 Å². The smallest absolute Gasteiger partial charge is 0.263 e. The Morgan fingerprint density at radius 3 is 2.38 bits per heavy atom. The van der Waals surface area contributed by atoms with Gasteiger partial charge in [-0.15, -0.1) is 4.40 Å². The minimum absolute atomic E-state index is 0.0696. The van der Waals surface area contributed by atoms with Gasteiger partial charge >= 0.3 is 6.18 Å². The van der Waals surface area contributed by atoms with E-state index in [-0.39, 0.29) is 11.8 Å². The number of para-hydroxylation sites is 1. The number of rotatable bonds is 4. The number of sulfonamides is 1. The van der Waals surface area contributed by atoms with Crippen LogP contribution in [0.1, 0.15) is 39.2 Å². The summed E-state index contributed by atoms with van der Waals surface area (Å²) in [6.45, 7) is 5.71. The summed E-state index contributed by atoms with van der Waals surface area (Å²) in [6, 6.07) is 2.94. The van der Waals surface area contributed by atoms with Crippen molar-refractivity contribution in [1.29, 1.82) is 0 Å². The average molecular weight is 363 g/mol. The molecule has 1 aromatic carbocycles. The summed E-state index contributed by atoms with van der Waals surface area (Å²) < 4.78 is 68.1. The molecule has 5 nitrogen and oxygen atoms in total. The average Bonchev–Trinajstić information content (AvgIpc) is 2.47. The predicted octanol–water partition coefficient (Wildman–Crippen LogP) is 3.56. The van der Waals surface area contributed by atoms with E-state index in [1.807, 2.05) is 13.8 Å². The van der Waals surface area contributed by atoms with Gasteiger partial charge in [-0.25, -0.2) is 5.84 Å². The van der Waals surface area contributed by atoms with Crippen LogP contribution >= 0.6 is 0 Å². The molecule has 2 rings (SSSR count). The largest absolute Gasteiger partial charge is 0.418 e. The highest BCUT2D eigenvalue weighted by Crippen LogP contribution is 2.42. The molecule has 0 fully saturated rings. The number of halogens is 3. The molecular weight excluding hydrogens is 343 g/mol. The molecule has 1 unspecified atom stereocenters. The zero-order chi connectivity index (χ0) is 18.3. The molecule has 1 heterocycles. The van der Waals surface area contributed by atoms with Crippen molar-refractivity contribution in [3.8, 4) is 0 Å². The lowest BCUT2D eigenvalue weighted by molar-refractivity contribution is -0.137. The molecule has 1 aliphatic heterocycles. The van der Waals surface area contributed by atoms with Gasteiger partial charge in [0, 0.05) is 5.92 Å². The molecule has 0 aromatic heterocycles. The maximum Gasteiger partial charge on any atom is 0.418 e. The van der Waals surface area contributed by atoms with E-state index in [9.17, 15) is 21.6 Å². The van der Waals surface area contributed by atoms with Crippen LogP contribution < -0.4 is 10.9 Å². The van der Waals surface area contributed by atoms with Gasteiger partial charge in [-0.2, -0.15) is 21.6 Å². The van der Waals surface area contributed by atoms with Crippen molar-refractivity contribution in [1.82, 2.24) is 0 Å². The zero-order valence-electron chi connectivity index (χ0n) is 13.6. The molecule has 0 bridgehead atoms. The number of hydrazine groups is 1. The van der Waals surface area contributed by atoms with Gasteiger partial charge in [0.15, 0.2) is 0 Å². The molecule has 2 N–H and O–H groups in total. The first-order valence-electron chi connectivity index (χ1n) is 7.55. The van der Waals surface area contributed by atoms with Crippen LogP contribution in [0.15, 0.2) is 27.5 Å². The summed E-state index contributed by atoms with van der Waals surface area (Å²) >= 11 is 0. The third kappa shape index (κ3) is 3.56. The Balaban J connectivity index is 2.55. The Morgan fingerprint density at radius 1 is 1.21 bits per heavy atom. The lowest BCUT2D eigenvalue weighted by atomic mass is 9.98. The van der Waals surface area contributed by atoms with Crippen molar-refractivity contribution < 1.29 is 21.6 Å². The number of hydrogen-bond acceptors (Lipinski definition) is 4. The molecule has 1 atom stereocenters. The highest BCUT2D eigenvalue weighted by molar-refractivity contribution is 7.90.